The van der Waals surface area contributed by atoms with Gasteiger partial charge in [-0.25, -0.2) is 0 Å². The zero-order chi connectivity index (χ0) is 15.3. The van der Waals surface area contributed by atoms with Gasteiger partial charge < -0.3 is 10.4 Å². The SMILES string of the molecule is CC.CC(c1ccc(Br)cc1)[C@@]1(C)C(=O)NC[C@@H]1CO. The van der Waals surface area contributed by atoms with Crippen molar-refractivity contribution in [3.8, 4) is 0 Å². The Hall–Kier alpha value is -0.870. The lowest BCUT2D eigenvalue weighted by Gasteiger charge is -2.34. The highest BCUT2D eigenvalue weighted by atomic mass is 79.9. The standard InChI is InChI=1S/C14H18BrNO2.C2H6/c1-9(10-3-5-12(15)6-4-10)14(2)11(8-17)7-16-13(14)18;1-2/h3-6,9,11,17H,7-8H2,1-2H3,(H,16,18);1-2H3/t9?,11-,14-;/m1./s1. The number of benzene rings is 1. The zero-order valence-electron chi connectivity index (χ0n) is 12.6. The molecule has 20 heavy (non-hydrogen) atoms. The van der Waals surface area contributed by atoms with E-state index in [2.05, 4.69) is 28.2 Å². The predicted molar refractivity (Wildman–Crippen MR) is 85.6 cm³/mol. The Balaban J connectivity index is 0.000000956. The van der Waals surface area contributed by atoms with Crippen molar-refractivity contribution < 1.29 is 9.90 Å². The number of aliphatic hydroxyl groups excluding tert-OH is 1. The van der Waals surface area contributed by atoms with Crippen LogP contribution in [0.15, 0.2) is 28.7 Å². The first kappa shape index (κ1) is 17.2. The maximum Gasteiger partial charge on any atom is 0.226 e. The van der Waals surface area contributed by atoms with E-state index in [1.165, 1.54) is 0 Å². The first-order valence-corrected chi connectivity index (χ1v) is 7.94. The van der Waals surface area contributed by atoms with Gasteiger partial charge in [-0.3, -0.25) is 4.79 Å². The molecule has 0 saturated carbocycles. The van der Waals surface area contributed by atoms with Crippen molar-refractivity contribution in [3.05, 3.63) is 34.3 Å². The molecule has 1 unspecified atom stereocenters. The van der Waals surface area contributed by atoms with Crippen molar-refractivity contribution >= 4 is 21.8 Å². The number of carbonyl (C=O) groups is 1. The fraction of sp³-hybridized carbons (Fsp3) is 0.562. The molecule has 0 bridgehead atoms. The first-order valence-electron chi connectivity index (χ1n) is 7.14. The van der Waals surface area contributed by atoms with Crippen LogP contribution in [0.1, 0.15) is 39.2 Å². The molecule has 0 aliphatic carbocycles. The van der Waals surface area contributed by atoms with Crippen LogP contribution in [0.4, 0.5) is 0 Å². The van der Waals surface area contributed by atoms with Crippen LogP contribution in [0.2, 0.25) is 0 Å². The van der Waals surface area contributed by atoms with Gasteiger partial charge in [-0.2, -0.15) is 0 Å². The number of carbonyl (C=O) groups excluding carboxylic acids is 1. The maximum absolute atomic E-state index is 12.1. The van der Waals surface area contributed by atoms with Gasteiger partial charge in [0.15, 0.2) is 0 Å². The topological polar surface area (TPSA) is 49.3 Å². The number of rotatable bonds is 3. The molecule has 1 fully saturated rings. The van der Waals surface area contributed by atoms with Crippen LogP contribution >= 0.6 is 15.9 Å². The molecular formula is C16H24BrNO2. The largest absolute Gasteiger partial charge is 0.396 e. The van der Waals surface area contributed by atoms with E-state index in [9.17, 15) is 9.90 Å². The Kier molecular flexibility index (Phi) is 6.21. The third-order valence-corrected chi connectivity index (χ3v) is 4.86. The molecule has 1 aliphatic heterocycles. The van der Waals surface area contributed by atoms with Gasteiger partial charge in [-0.15, -0.1) is 0 Å². The molecule has 3 nitrogen and oxygen atoms in total. The Morgan fingerprint density at radius 3 is 2.45 bits per heavy atom. The molecule has 1 aliphatic rings. The van der Waals surface area contributed by atoms with Gasteiger partial charge in [0.1, 0.15) is 0 Å². The highest BCUT2D eigenvalue weighted by Gasteiger charge is 2.50. The third-order valence-electron chi connectivity index (χ3n) is 4.34. The fourth-order valence-corrected chi connectivity index (χ4v) is 2.97. The Bertz CT molecular complexity index is 446. The number of hydrogen-bond donors (Lipinski definition) is 2. The minimum Gasteiger partial charge on any atom is -0.396 e. The second-order valence-electron chi connectivity index (χ2n) is 5.15. The average Bonchev–Trinajstić information content (AvgIpc) is 2.78. The van der Waals surface area contributed by atoms with Gasteiger partial charge in [0.05, 0.1) is 5.41 Å². The molecule has 0 radical (unpaired) electrons. The third kappa shape index (κ3) is 3.07. The van der Waals surface area contributed by atoms with Crippen LogP contribution in [0.25, 0.3) is 0 Å². The monoisotopic (exact) mass is 341 g/mol. The Morgan fingerprint density at radius 1 is 1.40 bits per heavy atom. The summed E-state index contributed by atoms with van der Waals surface area (Å²) in [5, 5.41) is 12.3. The van der Waals surface area contributed by atoms with Crippen LogP contribution in [-0.4, -0.2) is 24.2 Å². The van der Waals surface area contributed by atoms with E-state index >= 15 is 0 Å². The minimum atomic E-state index is -0.539. The lowest BCUT2D eigenvalue weighted by atomic mass is 9.68. The molecule has 2 N–H and O–H groups in total. The van der Waals surface area contributed by atoms with Gasteiger partial charge in [0.2, 0.25) is 5.91 Å². The molecule has 1 aromatic rings. The summed E-state index contributed by atoms with van der Waals surface area (Å²) in [6.07, 6.45) is 0. The summed E-state index contributed by atoms with van der Waals surface area (Å²) in [6.45, 7) is 8.60. The average molecular weight is 342 g/mol. The summed E-state index contributed by atoms with van der Waals surface area (Å²) in [5.41, 5.74) is 0.582. The second-order valence-corrected chi connectivity index (χ2v) is 6.06. The summed E-state index contributed by atoms with van der Waals surface area (Å²) in [5.74, 6) is 0.0888. The Morgan fingerprint density at radius 2 is 1.95 bits per heavy atom. The Labute approximate surface area is 129 Å². The molecule has 0 spiro atoms. The number of hydrogen-bond acceptors (Lipinski definition) is 2. The molecule has 4 heteroatoms. The summed E-state index contributed by atoms with van der Waals surface area (Å²) in [4.78, 5) is 12.1. The highest BCUT2D eigenvalue weighted by molar-refractivity contribution is 9.10. The molecule has 112 valence electrons. The van der Waals surface area contributed by atoms with Crippen LogP contribution in [0, 0.1) is 11.3 Å². The molecular weight excluding hydrogens is 318 g/mol. The molecule has 2 rings (SSSR count). The molecule has 0 aromatic heterocycles. The van der Waals surface area contributed by atoms with Gasteiger partial charge >= 0.3 is 0 Å². The maximum atomic E-state index is 12.1. The summed E-state index contributed by atoms with van der Waals surface area (Å²) < 4.78 is 1.03. The molecule has 3 atom stereocenters. The summed E-state index contributed by atoms with van der Waals surface area (Å²) in [6, 6.07) is 8.02. The van der Waals surface area contributed by atoms with Gasteiger partial charge in [-0.1, -0.05) is 48.8 Å². The summed E-state index contributed by atoms with van der Waals surface area (Å²) in [7, 11) is 0. The normalized spacial score (nSPS) is 26.5. The summed E-state index contributed by atoms with van der Waals surface area (Å²) >= 11 is 3.41. The van der Waals surface area contributed by atoms with Crippen LogP contribution in [0.5, 0.6) is 0 Å². The van der Waals surface area contributed by atoms with Crippen LogP contribution < -0.4 is 5.32 Å². The minimum absolute atomic E-state index is 0.0244. The molecule has 1 aromatic carbocycles. The van der Waals surface area contributed by atoms with E-state index in [1.54, 1.807) is 0 Å². The fourth-order valence-electron chi connectivity index (χ4n) is 2.71. The first-order chi connectivity index (χ1) is 9.50. The zero-order valence-corrected chi connectivity index (χ0v) is 14.2. The number of amides is 1. The van der Waals surface area contributed by atoms with Crippen molar-refractivity contribution in [2.75, 3.05) is 13.2 Å². The lowest BCUT2D eigenvalue weighted by molar-refractivity contribution is -0.129. The smallest absolute Gasteiger partial charge is 0.226 e. The number of halogens is 1. The van der Waals surface area contributed by atoms with Crippen LogP contribution in [0.3, 0.4) is 0 Å². The van der Waals surface area contributed by atoms with Crippen molar-refractivity contribution in [2.24, 2.45) is 11.3 Å². The van der Waals surface area contributed by atoms with Gasteiger partial charge in [-0.05, 0) is 30.5 Å². The highest BCUT2D eigenvalue weighted by Crippen LogP contribution is 2.44. The predicted octanol–water partition coefficient (Wildman–Crippen LogP) is 3.32. The van der Waals surface area contributed by atoms with E-state index in [0.717, 1.165) is 10.0 Å². The molecule has 1 heterocycles. The van der Waals surface area contributed by atoms with Crippen molar-refractivity contribution in [1.29, 1.82) is 0 Å². The number of nitrogens with one attached hydrogen (secondary N) is 1. The van der Waals surface area contributed by atoms with Gasteiger partial charge in [0, 0.05) is 23.5 Å². The van der Waals surface area contributed by atoms with Crippen LogP contribution in [-0.2, 0) is 4.79 Å². The van der Waals surface area contributed by atoms with Crippen molar-refractivity contribution in [3.63, 3.8) is 0 Å². The molecule has 1 amide bonds. The second kappa shape index (κ2) is 7.23. The number of aliphatic hydroxyl groups is 1. The van der Waals surface area contributed by atoms with E-state index in [4.69, 9.17) is 0 Å². The quantitative estimate of drug-likeness (QED) is 0.885. The van der Waals surface area contributed by atoms with Gasteiger partial charge in [0.25, 0.3) is 0 Å². The van der Waals surface area contributed by atoms with Crippen molar-refractivity contribution in [2.45, 2.75) is 33.6 Å². The van der Waals surface area contributed by atoms with E-state index in [-0.39, 0.29) is 24.3 Å². The van der Waals surface area contributed by atoms with E-state index in [0.29, 0.717) is 6.54 Å². The van der Waals surface area contributed by atoms with Crippen molar-refractivity contribution in [1.82, 2.24) is 5.32 Å². The van der Waals surface area contributed by atoms with E-state index < -0.39 is 5.41 Å². The van der Waals surface area contributed by atoms with E-state index in [1.807, 2.05) is 45.0 Å². The lowest BCUT2D eigenvalue weighted by Crippen LogP contribution is -2.38. The molecule has 1 saturated heterocycles.